The van der Waals surface area contributed by atoms with Crippen LogP contribution in [-0.4, -0.2) is 45.7 Å². The molecule has 11 heteroatoms. The van der Waals surface area contributed by atoms with Gasteiger partial charge in [-0.1, -0.05) is 12.1 Å². The van der Waals surface area contributed by atoms with Crippen molar-refractivity contribution in [2.45, 2.75) is 18.3 Å². The van der Waals surface area contributed by atoms with Crippen molar-refractivity contribution in [1.29, 1.82) is 0 Å². The average molecular weight is 409 g/mol. The van der Waals surface area contributed by atoms with Crippen molar-refractivity contribution in [3.63, 3.8) is 0 Å². The van der Waals surface area contributed by atoms with Crippen LogP contribution in [0.5, 0.6) is 5.75 Å². The number of halogens is 3. The molecule has 0 aromatic heterocycles. The van der Waals surface area contributed by atoms with E-state index in [0.29, 0.717) is 5.75 Å². The summed E-state index contributed by atoms with van der Waals surface area (Å²) in [5.41, 5.74) is -4.13. The lowest BCUT2D eigenvalue weighted by atomic mass is 10.0. The fraction of sp³-hybridized carbons (Fsp3) is 0.222. The Kier molecular flexibility index (Phi) is 5.01. The molecule has 1 aliphatic heterocycles. The van der Waals surface area contributed by atoms with E-state index in [0.717, 1.165) is 24.3 Å². The van der Waals surface area contributed by atoms with Crippen LogP contribution in [0.4, 0.5) is 18.9 Å². The minimum Gasteiger partial charge on any atom is -0.497 e. The third-order valence-corrected chi connectivity index (χ3v) is 4.36. The summed E-state index contributed by atoms with van der Waals surface area (Å²) in [6.07, 6.45) is -6.18. The fourth-order valence-corrected chi connectivity index (χ4v) is 2.79. The molecule has 1 N–H and O–H groups in total. The normalized spacial score (nSPS) is 19.1. The van der Waals surface area contributed by atoms with E-state index in [1.165, 1.54) is 25.3 Å². The SMILES string of the molecule is COc1cccc(C2=NN(C(=O)c3ccc([N+](=O)[O-])cc3)C(O)(C(F)(F)F)C2)c1. The first-order valence-corrected chi connectivity index (χ1v) is 8.17. The number of methoxy groups -OCH3 is 1. The van der Waals surface area contributed by atoms with E-state index in [1.54, 1.807) is 6.07 Å². The van der Waals surface area contributed by atoms with Crippen LogP contribution in [0.25, 0.3) is 0 Å². The van der Waals surface area contributed by atoms with Crippen molar-refractivity contribution in [2.24, 2.45) is 5.10 Å². The van der Waals surface area contributed by atoms with Gasteiger partial charge in [0.15, 0.2) is 0 Å². The summed E-state index contributed by atoms with van der Waals surface area (Å²) in [7, 11) is 1.38. The number of carbonyl (C=O) groups excluding carboxylic acids is 1. The van der Waals surface area contributed by atoms with E-state index >= 15 is 0 Å². The quantitative estimate of drug-likeness (QED) is 0.617. The van der Waals surface area contributed by atoms with E-state index in [2.05, 4.69) is 5.10 Å². The van der Waals surface area contributed by atoms with Gasteiger partial charge in [0.05, 0.1) is 24.2 Å². The van der Waals surface area contributed by atoms with Crippen LogP contribution in [0.15, 0.2) is 53.6 Å². The molecule has 1 amide bonds. The Balaban J connectivity index is 2.02. The third-order valence-electron chi connectivity index (χ3n) is 4.36. The molecular formula is C18H14F3N3O5. The second kappa shape index (κ2) is 7.17. The number of ether oxygens (including phenoxy) is 1. The van der Waals surface area contributed by atoms with E-state index in [9.17, 15) is 33.2 Å². The first kappa shape index (κ1) is 20.3. The predicted octanol–water partition coefficient (Wildman–Crippen LogP) is 3.10. The van der Waals surface area contributed by atoms with Gasteiger partial charge < -0.3 is 9.84 Å². The number of rotatable bonds is 4. The average Bonchev–Trinajstić information content (AvgIpc) is 3.06. The van der Waals surface area contributed by atoms with Crippen molar-refractivity contribution in [1.82, 2.24) is 5.01 Å². The second-order valence-corrected chi connectivity index (χ2v) is 6.19. The maximum atomic E-state index is 13.6. The zero-order valence-corrected chi connectivity index (χ0v) is 14.9. The zero-order valence-electron chi connectivity index (χ0n) is 14.9. The van der Waals surface area contributed by atoms with Crippen molar-refractivity contribution in [3.05, 3.63) is 69.8 Å². The Bertz CT molecular complexity index is 991. The molecule has 0 saturated heterocycles. The number of nitrogens with zero attached hydrogens (tertiary/aromatic N) is 3. The van der Waals surface area contributed by atoms with Crippen molar-refractivity contribution in [3.8, 4) is 5.75 Å². The Hall–Kier alpha value is -3.47. The van der Waals surface area contributed by atoms with Crippen LogP contribution < -0.4 is 4.74 Å². The van der Waals surface area contributed by atoms with Crippen LogP contribution in [-0.2, 0) is 0 Å². The summed E-state index contributed by atoms with van der Waals surface area (Å²) in [6.45, 7) is 0. The van der Waals surface area contributed by atoms with E-state index in [-0.39, 0.29) is 27.5 Å². The van der Waals surface area contributed by atoms with E-state index in [1.807, 2.05) is 0 Å². The van der Waals surface area contributed by atoms with Crippen LogP contribution in [0.3, 0.4) is 0 Å². The highest BCUT2D eigenvalue weighted by molar-refractivity contribution is 6.05. The van der Waals surface area contributed by atoms with Gasteiger partial charge in [-0.15, -0.1) is 0 Å². The number of non-ortho nitro benzene ring substituents is 1. The summed E-state index contributed by atoms with van der Waals surface area (Å²) in [6, 6.07) is 9.95. The molecule has 1 aliphatic rings. The minimum absolute atomic E-state index is 0.0387. The van der Waals surface area contributed by atoms with Crippen LogP contribution >= 0.6 is 0 Å². The first-order chi connectivity index (χ1) is 13.6. The fourth-order valence-electron chi connectivity index (χ4n) is 2.79. The van der Waals surface area contributed by atoms with Crippen LogP contribution in [0, 0.1) is 10.1 Å². The molecule has 152 valence electrons. The number of nitro benzene ring substituents is 1. The molecule has 1 atom stereocenters. The van der Waals surface area contributed by atoms with E-state index < -0.39 is 29.2 Å². The number of amides is 1. The number of hydrogen-bond donors (Lipinski definition) is 1. The minimum atomic E-state index is -5.20. The van der Waals surface area contributed by atoms with Crippen molar-refractivity contribution < 1.29 is 32.7 Å². The van der Waals surface area contributed by atoms with Crippen LogP contribution in [0.1, 0.15) is 22.3 Å². The molecule has 0 spiro atoms. The molecule has 1 heterocycles. The van der Waals surface area contributed by atoms with E-state index in [4.69, 9.17) is 4.74 Å². The highest BCUT2D eigenvalue weighted by Gasteiger charge is 2.63. The van der Waals surface area contributed by atoms with Gasteiger partial charge >= 0.3 is 6.18 Å². The monoisotopic (exact) mass is 409 g/mol. The van der Waals surface area contributed by atoms with Crippen molar-refractivity contribution >= 4 is 17.3 Å². The Morgan fingerprint density at radius 3 is 2.48 bits per heavy atom. The summed E-state index contributed by atoms with van der Waals surface area (Å²) >= 11 is 0. The van der Waals surface area contributed by atoms with Crippen LogP contribution in [0.2, 0.25) is 0 Å². The molecule has 8 nitrogen and oxygen atoms in total. The second-order valence-electron chi connectivity index (χ2n) is 6.19. The summed E-state index contributed by atoms with van der Waals surface area (Å²) < 4.78 is 46.0. The van der Waals surface area contributed by atoms with Gasteiger partial charge in [0.25, 0.3) is 17.3 Å². The molecule has 0 fully saturated rings. The standard InChI is InChI=1S/C18H14F3N3O5/c1-29-14-4-2-3-12(9-14)15-10-17(26,18(19,20)21)23(22-15)16(25)11-5-7-13(8-6-11)24(27)28/h2-9,26H,10H2,1H3. The lowest BCUT2D eigenvalue weighted by molar-refractivity contribution is -0.384. The third kappa shape index (κ3) is 3.63. The molecule has 1 unspecified atom stereocenters. The molecule has 0 aliphatic carbocycles. The summed E-state index contributed by atoms with van der Waals surface area (Å²) in [5.74, 6) is -0.890. The maximum absolute atomic E-state index is 13.6. The number of hydrogen-bond acceptors (Lipinski definition) is 6. The number of hydrazone groups is 1. The smallest absolute Gasteiger partial charge is 0.438 e. The number of aliphatic hydroxyl groups is 1. The topological polar surface area (TPSA) is 105 Å². The maximum Gasteiger partial charge on any atom is 0.438 e. The Morgan fingerprint density at radius 2 is 1.93 bits per heavy atom. The van der Waals surface area contributed by atoms with Crippen molar-refractivity contribution in [2.75, 3.05) is 7.11 Å². The highest BCUT2D eigenvalue weighted by Crippen LogP contribution is 2.42. The predicted molar refractivity (Wildman–Crippen MR) is 94.4 cm³/mol. The van der Waals surface area contributed by atoms with Gasteiger partial charge in [-0.2, -0.15) is 23.3 Å². The number of nitro groups is 1. The molecule has 0 bridgehead atoms. The van der Waals surface area contributed by atoms with Gasteiger partial charge in [0.1, 0.15) is 5.75 Å². The molecule has 3 rings (SSSR count). The van der Waals surface area contributed by atoms with Gasteiger partial charge in [-0.25, -0.2) is 0 Å². The summed E-state index contributed by atoms with van der Waals surface area (Å²) in [5, 5.41) is 24.8. The number of alkyl halides is 3. The lowest BCUT2D eigenvalue weighted by Crippen LogP contribution is -2.56. The Labute approximate surface area is 162 Å². The molecule has 2 aromatic carbocycles. The highest BCUT2D eigenvalue weighted by atomic mass is 19.4. The van der Waals surface area contributed by atoms with Gasteiger partial charge in [0, 0.05) is 23.3 Å². The molecular weight excluding hydrogens is 395 g/mol. The number of carbonyl (C=O) groups is 1. The van der Waals surface area contributed by atoms with Gasteiger partial charge in [0.2, 0.25) is 0 Å². The lowest BCUT2D eigenvalue weighted by Gasteiger charge is -2.32. The Morgan fingerprint density at radius 1 is 1.28 bits per heavy atom. The van der Waals surface area contributed by atoms with Gasteiger partial charge in [-0.05, 0) is 24.3 Å². The first-order valence-electron chi connectivity index (χ1n) is 8.17. The molecule has 2 aromatic rings. The molecule has 0 saturated carbocycles. The zero-order chi connectivity index (χ0) is 21.4. The summed E-state index contributed by atoms with van der Waals surface area (Å²) in [4.78, 5) is 22.7. The molecule has 29 heavy (non-hydrogen) atoms. The molecule has 0 radical (unpaired) electrons. The van der Waals surface area contributed by atoms with Gasteiger partial charge in [-0.3, -0.25) is 14.9 Å². The number of benzene rings is 2. The largest absolute Gasteiger partial charge is 0.497 e.